The minimum Gasteiger partial charge on any atom is -0.343 e. The predicted octanol–water partition coefficient (Wildman–Crippen LogP) is 2.02. The summed E-state index contributed by atoms with van der Waals surface area (Å²) in [6.45, 7) is 2.73. The molecule has 0 unspecified atom stereocenters. The van der Waals surface area contributed by atoms with Crippen molar-refractivity contribution in [1.82, 2.24) is 24.6 Å². The summed E-state index contributed by atoms with van der Waals surface area (Å²) in [6, 6.07) is 0. The Morgan fingerprint density at radius 1 is 1.26 bits per heavy atom. The van der Waals surface area contributed by atoms with Crippen LogP contribution in [0.15, 0.2) is 11.6 Å². The van der Waals surface area contributed by atoms with Gasteiger partial charge in [0.1, 0.15) is 11.6 Å². The number of amides is 1. The number of thiazole rings is 1. The highest BCUT2D eigenvalue weighted by atomic mass is 32.1. The summed E-state index contributed by atoms with van der Waals surface area (Å²) < 4.78 is 2.30. The zero-order valence-electron chi connectivity index (χ0n) is 13.1. The fourth-order valence-corrected chi connectivity index (χ4v) is 4.23. The molecule has 4 rings (SSSR count). The third kappa shape index (κ3) is 3.02. The van der Waals surface area contributed by atoms with Crippen LogP contribution >= 0.6 is 11.3 Å². The highest BCUT2D eigenvalue weighted by Gasteiger charge is 2.29. The molecule has 2 aromatic heterocycles. The molecule has 23 heavy (non-hydrogen) atoms. The number of hydrogen-bond acceptors (Lipinski definition) is 5. The Hall–Kier alpha value is -1.76. The van der Waals surface area contributed by atoms with Gasteiger partial charge in [-0.05, 0) is 19.3 Å². The first-order chi connectivity index (χ1) is 11.3. The number of aryl methyl sites for hydroxylation is 2. The summed E-state index contributed by atoms with van der Waals surface area (Å²) in [5.74, 6) is 3.00. The minimum absolute atomic E-state index is 0.255. The van der Waals surface area contributed by atoms with Gasteiger partial charge in [-0.2, -0.15) is 0 Å². The van der Waals surface area contributed by atoms with Crippen molar-refractivity contribution in [1.29, 1.82) is 0 Å². The second kappa shape index (κ2) is 6.39. The molecule has 122 valence electrons. The first kappa shape index (κ1) is 14.8. The van der Waals surface area contributed by atoms with Crippen molar-refractivity contribution in [3.05, 3.63) is 28.2 Å². The topological polar surface area (TPSA) is 63.9 Å². The summed E-state index contributed by atoms with van der Waals surface area (Å²) in [4.78, 5) is 18.6. The number of nitrogens with zero attached hydrogens (tertiary/aromatic N) is 5. The fraction of sp³-hybridized carbons (Fsp3) is 0.625. The van der Waals surface area contributed by atoms with Crippen LogP contribution in [0.25, 0.3) is 0 Å². The quantitative estimate of drug-likeness (QED) is 0.860. The molecule has 0 atom stereocenters. The highest BCUT2D eigenvalue weighted by Crippen LogP contribution is 2.29. The maximum Gasteiger partial charge on any atom is 0.222 e. The molecule has 1 fully saturated rings. The Kier molecular flexibility index (Phi) is 4.11. The van der Waals surface area contributed by atoms with Gasteiger partial charge in [0.25, 0.3) is 0 Å². The van der Waals surface area contributed by atoms with Crippen LogP contribution in [0.3, 0.4) is 0 Å². The Balaban J connectivity index is 1.31. The minimum atomic E-state index is 0.255. The zero-order valence-corrected chi connectivity index (χ0v) is 14.0. The molecule has 6 nitrogen and oxygen atoms in total. The lowest BCUT2D eigenvalue weighted by molar-refractivity contribution is -0.132. The lowest BCUT2D eigenvalue weighted by Crippen LogP contribution is -2.38. The third-order valence-corrected chi connectivity index (χ3v) is 5.73. The molecule has 2 aromatic rings. The van der Waals surface area contributed by atoms with Gasteiger partial charge in [-0.1, -0.05) is 0 Å². The summed E-state index contributed by atoms with van der Waals surface area (Å²) in [6.07, 6.45) is 7.37. The molecule has 0 aliphatic carbocycles. The molecule has 2 aliphatic heterocycles. The van der Waals surface area contributed by atoms with Crippen molar-refractivity contribution in [2.45, 2.75) is 51.0 Å². The molecule has 0 spiro atoms. The second-order valence-corrected chi connectivity index (χ2v) is 7.29. The molecule has 2 aliphatic rings. The molecule has 4 heterocycles. The molecule has 1 amide bonds. The number of likely N-dealkylation sites (tertiary alicyclic amines) is 1. The predicted molar refractivity (Wildman–Crippen MR) is 87.3 cm³/mol. The van der Waals surface area contributed by atoms with Crippen molar-refractivity contribution in [2.75, 3.05) is 13.1 Å². The number of fused-ring (bicyclic) bond motifs is 1. The van der Waals surface area contributed by atoms with E-state index in [1.807, 2.05) is 10.3 Å². The monoisotopic (exact) mass is 331 g/mol. The van der Waals surface area contributed by atoms with Gasteiger partial charge in [-0.15, -0.1) is 21.5 Å². The normalized spacial score (nSPS) is 18.3. The van der Waals surface area contributed by atoms with E-state index in [1.54, 1.807) is 17.5 Å². The first-order valence-electron chi connectivity index (χ1n) is 8.39. The number of aromatic nitrogens is 4. The van der Waals surface area contributed by atoms with Crippen molar-refractivity contribution in [3.8, 4) is 0 Å². The van der Waals surface area contributed by atoms with Crippen LogP contribution in [-0.4, -0.2) is 43.6 Å². The van der Waals surface area contributed by atoms with Crippen LogP contribution in [0, 0.1) is 0 Å². The smallest absolute Gasteiger partial charge is 0.222 e. The SMILES string of the molecule is O=C(CCc1nccs1)N1CCC(c2nnc3n2CCC3)CC1. The van der Waals surface area contributed by atoms with E-state index >= 15 is 0 Å². The maximum atomic E-state index is 12.3. The van der Waals surface area contributed by atoms with Gasteiger partial charge >= 0.3 is 0 Å². The van der Waals surface area contributed by atoms with Crippen molar-refractivity contribution in [3.63, 3.8) is 0 Å². The van der Waals surface area contributed by atoms with E-state index in [0.29, 0.717) is 12.3 Å². The van der Waals surface area contributed by atoms with Gasteiger partial charge in [0, 0.05) is 56.4 Å². The van der Waals surface area contributed by atoms with Crippen LogP contribution < -0.4 is 0 Å². The Labute approximate surface area is 139 Å². The molecule has 0 N–H and O–H groups in total. The number of carbonyl (C=O) groups is 1. The van der Waals surface area contributed by atoms with E-state index in [9.17, 15) is 4.79 Å². The average molecular weight is 331 g/mol. The van der Waals surface area contributed by atoms with E-state index in [0.717, 1.165) is 62.0 Å². The summed E-state index contributed by atoms with van der Waals surface area (Å²) in [5.41, 5.74) is 0. The number of rotatable bonds is 4. The van der Waals surface area contributed by atoms with Crippen molar-refractivity contribution in [2.24, 2.45) is 0 Å². The second-order valence-electron chi connectivity index (χ2n) is 6.31. The zero-order chi connectivity index (χ0) is 15.6. The van der Waals surface area contributed by atoms with Crippen LogP contribution in [0.5, 0.6) is 0 Å². The van der Waals surface area contributed by atoms with E-state index in [1.165, 1.54) is 6.42 Å². The lowest BCUT2D eigenvalue weighted by Gasteiger charge is -2.31. The van der Waals surface area contributed by atoms with Gasteiger partial charge in [0.05, 0.1) is 5.01 Å². The van der Waals surface area contributed by atoms with Crippen LogP contribution in [0.1, 0.15) is 48.3 Å². The van der Waals surface area contributed by atoms with Gasteiger partial charge in [0.15, 0.2) is 0 Å². The lowest BCUT2D eigenvalue weighted by atomic mass is 9.95. The standard InChI is InChI=1S/C16H21N5OS/c22-15(4-3-14-17-7-11-23-14)20-9-5-12(6-10-20)16-19-18-13-2-1-8-21(13)16/h7,11-12H,1-6,8-10H2. The highest BCUT2D eigenvalue weighted by molar-refractivity contribution is 7.09. The molecule has 0 aromatic carbocycles. The fourth-order valence-electron chi connectivity index (χ4n) is 3.61. The number of hydrogen-bond donors (Lipinski definition) is 0. The van der Waals surface area contributed by atoms with Crippen LogP contribution in [0.4, 0.5) is 0 Å². The molecular formula is C16H21N5OS. The maximum absolute atomic E-state index is 12.3. The number of piperidine rings is 1. The van der Waals surface area contributed by atoms with Gasteiger partial charge in [-0.25, -0.2) is 4.98 Å². The van der Waals surface area contributed by atoms with E-state index in [2.05, 4.69) is 19.7 Å². The third-order valence-electron chi connectivity index (χ3n) is 4.89. The Bertz CT molecular complexity index is 673. The van der Waals surface area contributed by atoms with E-state index in [-0.39, 0.29) is 5.91 Å². The summed E-state index contributed by atoms with van der Waals surface area (Å²) in [5, 5.41) is 11.7. The van der Waals surface area contributed by atoms with Crippen molar-refractivity contribution >= 4 is 17.2 Å². The van der Waals surface area contributed by atoms with Crippen LogP contribution in [0.2, 0.25) is 0 Å². The Morgan fingerprint density at radius 3 is 2.91 bits per heavy atom. The van der Waals surface area contributed by atoms with E-state index in [4.69, 9.17) is 0 Å². The Morgan fingerprint density at radius 2 is 2.13 bits per heavy atom. The molecule has 0 saturated carbocycles. The van der Waals surface area contributed by atoms with Gasteiger partial charge < -0.3 is 9.47 Å². The van der Waals surface area contributed by atoms with E-state index < -0.39 is 0 Å². The molecular weight excluding hydrogens is 310 g/mol. The number of carbonyl (C=O) groups excluding carboxylic acids is 1. The first-order valence-corrected chi connectivity index (χ1v) is 9.27. The van der Waals surface area contributed by atoms with Gasteiger partial charge in [0.2, 0.25) is 5.91 Å². The molecule has 0 bridgehead atoms. The van der Waals surface area contributed by atoms with Crippen molar-refractivity contribution < 1.29 is 4.79 Å². The summed E-state index contributed by atoms with van der Waals surface area (Å²) in [7, 11) is 0. The summed E-state index contributed by atoms with van der Waals surface area (Å²) >= 11 is 1.62. The largest absolute Gasteiger partial charge is 0.343 e. The average Bonchev–Trinajstić information content (AvgIpc) is 3.30. The van der Waals surface area contributed by atoms with Crippen LogP contribution in [-0.2, 0) is 24.2 Å². The molecule has 7 heteroatoms. The van der Waals surface area contributed by atoms with Gasteiger partial charge in [-0.3, -0.25) is 4.79 Å². The molecule has 1 saturated heterocycles. The molecule has 0 radical (unpaired) electrons.